The molecule has 5 nitrogen and oxygen atoms in total. The molecule has 0 saturated carbocycles. The van der Waals surface area contributed by atoms with Gasteiger partial charge in [0.1, 0.15) is 0 Å². The summed E-state index contributed by atoms with van der Waals surface area (Å²) in [6.45, 7) is 8.62. The molecule has 29 heavy (non-hydrogen) atoms. The first-order chi connectivity index (χ1) is 14.0. The summed E-state index contributed by atoms with van der Waals surface area (Å²) < 4.78 is 34.6. The zero-order chi connectivity index (χ0) is 20.7. The van der Waals surface area contributed by atoms with Crippen LogP contribution in [-0.2, 0) is 14.8 Å². The molecule has 6 heteroatoms. The number of piperidine rings is 1. The maximum Gasteiger partial charge on any atom is 0.241 e. The number of benzene rings is 2. The first kappa shape index (κ1) is 21.7. The van der Waals surface area contributed by atoms with Crippen molar-refractivity contribution in [3.05, 3.63) is 78.4 Å². The molecule has 2 aromatic rings. The lowest BCUT2D eigenvalue weighted by atomic mass is 10.0. The first-order valence-corrected chi connectivity index (χ1v) is 11.5. The molecule has 1 aliphatic heterocycles. The van der Waals surface area contributed by atoms with Crippen molar-refractivity contribution in [1.29, 1.82) is 0 Å². The Morgan fingerprint density at radius 2 is 1.79 bits per heavy atom. The molecule has 1 saturated heterocycles. The van der Waals surface area contributed by atoms with E-state index in [0.717, 1.165) is 37.1 Å². The molecule has 156 valence electrons. The fraction of sp³-hybridized carbons (Fsp3) is 0.391. The van der Waals surface area contributed by atoms with Crippen LogP contribution in [0.3, 0.4) is 0 Å². The Bertz CT molecular complexity index is 874. The second-order valence-corrected chi connectivity index (χ2v) is 9.23. The molecule has 1 fully saturated rings. The Morgan fingerprint density at radius 3 is 2.41 bits per heavy atom. The van der Waals surface area contributed by atoms with Crippen LogP contribution in [0.1, 0.15) is 30.0 Å². The lowest BCUT2D eigenvalue weighted by Crippen LogP contribution is -2.43. The summed E-state index contributed by atoms with van der Waals surface area (Å²) in [7, 11) is -3.61. The van der Waals surface area contributed by atoms with Crippen LogP contribution in [0.15, 0.2) is 72.1 Å². The van der Waals surface area contributed by atoms with Gasteiger partial charge < -0.3 is 9.64 Å². The standard InChI is InChI=1S/C23H30N2O3S/c1-3-17-28-21-13-15-25(16-14-21)18-23(20-7-5-4-6-8-20)24-29(26,27)22-11-9-19(2)10-12-22/h3-12,21,23-24H,1,13-18H2,2H3/t23-/m0/s1. The van der Waals surface area contributed by atoms with Crippen molar-refractivity contribution in [3.8, 4) is 0 Å². The van der Waals surface area contributed by atoms with E-state index < -0.39 is 10.0 Å². The third-order valence-corrected chi connectivity index (χ3v) is 6.74. The topological polar surface area (TPSA) is 58.6 Å². The zero-order valence-corrected chi connectivity index (χ0v) is 17.8. The summed E-state index contributed by atoms with van der Waals surface area (Å²) in [4.78, 5) is 2.60. The summed E-state index contributed by atoms with van der Waals surface area (Å²) in [6, 6.07) is 16.4. The van der Waals surface area contributed by atoms with E-state index in [1.807, 2.05) is 49.4 Å². The van der Waals surface area contributed by atoms with Gasteiger partial charge in [0.25, 0.3) is 0 Å². The molecule has 1 atom stereocenters. The number of likely N-dealkylation sites (tertiary alicyclic amines) is 1. The van der Waals surface area contributed by atoms with Crippen LogP contribution in [-0.4, -0.2) is 45.7 Å². The Morgan fingerprint density at radius 1 is 1.14 bits per heavy atom. The highest BCUT2D eigenvalue weighted by Crippen LogP contribution is 2.22. The summed E-state index contributed by atoms with van der Waals surface area (Å²) in [5.41, 5.74) is 2.00. The summed E-state index contributed by atoms with van der Waals surface area (Å²) in [5.74, 6) is 0. The van der Waals surface area contributed by atoms with Gasteiger partial charge in [-0.15, -0.1) is 6.58 Å². The molecule has 0 spiro atoms. The predicted octanol–water partition coefficient (Wildman–Crippen LogP) is 3.68. The molecule has 2 aromatic carbocycles. The minimum atomic E-state index is -3.61. The predicted molar refractivity (Wildman–Crippen MR) is 116 cm³/mol. The fourth-order valence-corrected chi connectivity index (χ4v) is 4.81. The molecule has 0 aliphatic carbocycles. The number of rotatable bonds is 9. The average molecular weight is 415 g/mol. The zero-order valence-electron chi connectivity index (χ0n) is 17.0. The number of ether oxygens (including phenoxy) is 1. The van der Waals surface area contributed by atoms with Crippen LogP contribution >= 0.6 is 0 Å². The molecule has 0 unspecified atom stereocenters. The molecule has 0 amide bonds. The number of hydrogen-bond donors (Lipinski definition) is 1. The average Bonchev–Trinajstić information content (AvgIpc) is 2.73. The maximum absolute atomic E-state index is 13.0. The number of nitrogens with one attached hydrogen (secondary N) is 1. The van der Waals surface area contributed by atoms with Crippen LogP contribution in [0, 0.1) is 6.92 Å². The highest BCUT2D eigenvalue weighted by Gasteiger charge is 2.26. The second-order valence-electron chi connectivity index (χ2n) is 7.52. The Hall–Kier alpha value is -1.99. The van der Waals surface area contributed by atoms with Crippen LogP contribution in [0.4, 0.5) is 0 Å². The number of hydrogen-bond acceptors (Lipinski definition) is 4. The van der Waals surface area contributed by atoms with Crippen molar-refractivity contribution < 1.29 is 13.2 Å². The van der Waals surface area contributed by atoms with E-state index in [1.165, 1.54) is 0 Å². The van der Waals surface area contributed by atoms with Gasteiger partial charge in [-0.1, -0.05) is 54.1 Å². The smallest absolute Gasteiger partial charge is 0.241 e. The van der Waals surface area contributed by atoms with Gasteiger partial charge in [0, 0.05) is 19.6 Å². The molecule has 1 aliphatic rings. The minimum absolute atomic E-state index is 0.253. The first-order valence-electron chi connectivity index (χ1n) is 10.1. The van der Waals surface area contributed by atoms with Gasteiger partial charge in [0.15, 0.2) is 0 Å². The van der Waals surface area contributed by atoms with Gasteiger partial charge in [0.2, 0.25) is 10.0 Å². The number of nitrogens with zero attached hydrogens (tertiary/aromatic N) is 1. The molecule has 1 heterocycles. The van der Waals surface area contributed by atoms with Crippen molar-refractivity contribution in [2.24, 2.45) is 0 Å². The minimum Gasteiger partial charge on any atom is -0.374 e. The molecular formula is C23H30N2O3S. The monoisotopic (exact) mass is 414 g/mol. The van der Waals surface area contributed by atoms with Crippen molar-refractivity contribution in [2.45, 2.75) is 36.8 Å². The highest BCUT2D eigenvalue weighted by atomic mass is 32.2. The van der Waals surface area contributed by atoms with Gasteiger partial charge in [-0.25, -0.2) is 13.1 Å². The molecule has 1 N–H and O–H groups in total. The summed E-state index contributed by atoms with van der Waals surface area (Å²) >= 11 is 0. The van der Waals surface area contributed by atoms with Crippen molar-refractivity contribution in [1.82, 2.24) is 9.62 Å². The van der Waals surface area contributed by atoms with Gasteiger partial charge in [-0.3, -0.25) is 0 Å². The van der Waals surface area contributed by atoms with Gasteiger partial charge in [-0.2, -0.15) is 0 Å². The largest absolute Gasteiger partial charge is 0.374 e. The molecular weight excluding hydrogens is 384 g/mol. The van der Waals surface area contributed by atoms with E-state index in [1.54, 1.807) is 18.2 Å². The Labute approximate surface area is 174 Å². The SMILES string of the molecule is C=CCOC1CCN(C[C@H](NS(=O)(=O)c2ccc(C)cc2)c2ccccc2)CC1. The van der Waals surface area contributed by atoms with Crippen LogP contribution in [0.2, 0.25) is 0 Å². The van der Waals surface area contributed by atoms with Crippen molar-refractivity contribution in [3.63, 3.8) is 0 Å². The lowest BCUT2D eigenvalue weighted by molar-refractivity contribution is 0.0205. The maximum atomic E-state index is 13.0. The van der Waals surface area contributed by atoms with E-state index in [2.05, 4.69) is 16.2 Å². The van der Waals surface area contributed by atoms with Crippen LogP contribution < -0.4 is 4.72 Å². The number of sulfonamides is 1. The summed E-state index contributed by atoms with van der Waals surface area (Å²) in [5, 5.41) is 0. The number of aryl methyl sites for hydroxylation is 1. The quantitative estimate of drug-likeness (QED) is 0.636. The highest BCUT2D eigenvalue weighted by molar-refractivity contribution is 7.89. The fourth-order valence-electron chi connectivity index (χ4n) is 3.59. The molecule has 0 bridgehead atoms. The van der Waals surface area contributed by atoms with Crippen molar-refractivity contribution >= 4 is 10.0 Å². The van der Waals surface area contributed by atoms with E-state index in [0.29, 0.717) is 18.0 Å². The molecule has 0 aromatic heterocycles. The third kappa shape index (κ3) is 6.24. The van der Waals surface area contributed by atoms with Crippen LogP contribution in [0.5, 0.6) is 0 Å². The van der Waals surface area contributed by atoms with E-state index in [4.69, 9.17) is 4.74 Å². The lowest BCUT2D eigenvalue weighted by Gasteiger charge is -2.34. The molecule has 0 radical (unpaired) electrons. The second kappa shape index (κ2) is 10.2. The van der Waals surface area contributed by atoms with Gasteiger partial charge in [0.05, 0.1) is 23.6 Å². The normalized spacial score (nSPS) is 17.1. The summed E-state index contributed by atoms with van der Waals surface area (Å²) in [6.07, 6.45) is 3.92. The van der Waals surface area contributed by atoms with Gasteiger partial charge in [-0.05, 0) is 37.5 Å². The van der Waals surface area contributed by atoms with Gasteiger partial charge >= 0.3 is 0 Å². The Balaban J connectivity index is 1.71. The Kier molecular flexibility index (Phi) is 7.61. The van der Waals surface area contributed by atoms with E-state index in [-0.39, 0.29) is 12.1 Å². The molecule has 3 rings (SSSR count). The third-order valence-electron chi connectivity index (χ3n) is 5.26. The van der Waals surface area contributed by atoms with E-state index >= 15 is 0 Å². The van der Waals surface area contributed by atoms with E-state index in [9.17, 15) is 8.42 Å². The van der Waals surface area contributed by atoms with Crippen LogP contribution in [0.25, 0.3) is 0 Å². The van der Waals surface area contributed by atoms with Crippen molar-refractivity contribution in [2.75, 3.05) is 26.2 Å².